The van der Waals surface area contributed by atoms with Gasteiger partial charge >= 0.3 is 0 Å². The minimum atomic E-state index is -3.51. The molecule has 0 amide bonds. The van der Waals surface area contributed by atoms with E-state index >= 15 is 0 Å². The summed E-state index contributed by atoms with van der Waals surface area (Å²) in [5.74, 6) is 0. The van der Waals surface area contributed by atoms with Gasteiger partial charge in [0.05, 0.1) is 4.90 Å². The minimum Gasteiger partial charge on any atom is -0.326 e. The zero-order chi connectivity index (χ0) is 21.4. The quantitative estimate of drug-likeness (QED) is 0.493. The number of nitrogens with zero attached hydrogens (tertiary/aromatic N) is 1. The molecule has 3 aromatic carbocycles. The van der Waals surface area contributed by atoms with Gasteiger partial charge in [0, 0.05) is 19.6 Å². The maximum atomic E-state index is 12.7. The molecule has 160 valence electrons. The average Bonchev–Trinajstić information content (AvgIpc) is 2.78. The number of nitrogens with one attached hydrogen (secondary N) is 1. The Balaban J connectivity index is 1.47. The van der Waals surface area contributed by atoms with Crippen LogP contribution < -0.4 is 10.5 Å². The van der Waals surface area contributed by atoms with Crippen LogP contribution in [0.1, 0.15) is 24.5 Å². The lowest BCUT2D eigenvalue weighted by atomic mass is 10.1. The molecule has 3 rings (SSSR count). The Morgan fingerprint density at radius 1 is 0.900 bits per heavy atom. The first-order valence-corrected chi connectivity index (χ1v) is 12.0. The average molecular weight is 426 g/mol. The van der Waals surface area contributed by atoms with E-state index in [1.807, 2.05) is 30.3 Å². The van der Waals surface area contributed by atoms with Crippen molar-refractivity contribution in [2.75, 3.05) is 26.2 Å². The number of fused-ring (bicyclic) bond motifs is 1. The first kappa shape index (κ1) is 22.4. The predicted molar refractivity (Wildman–Crippen MR) is 124 cm³/mol. The van der Waals surface area contributed by atoms with Gasteiger partial charge in [-0.3, -0.25) is 0 Å². The Bertz CT molecular complexity index is 1050. The van der Waals surface area contributed by atoms with E-state index in [0.717, 1.165) is 42.3 Å². The molecular formula is C24H31N3O2S. The highest BCUT2D eigenvalue weighted by Crippen LogP contribution is 2.18. The Labute approximate surface area is 180 Å². The smallest absolute Gasteiger partial charge is 0.240 e. The lowest BCUT2D eigenvalue weighted by Crippen LogP contribution is -2.35. The molecule has 6 heteroatoms. The second kappa shape index (κ2) is 10.7. The van der Waals surface area contributed by atoms with Gasteiger partial charge in [0.15, 0.2) is 0 Å². The van der Waals surface area contributed by atoms with Crippen molar-refractivity contribution in [3.05, 3.63) is 77.9 Å². The summed E-state index contributed by atoms with van der Waals surface area (Å²) in [5.41, 5.74) is 8.09. The molecule has 0 fully saturated rings. The van der Waals surface area contributed by atoms with Gasteiger partial charge < -0.3 is 10.6 Å². The van der Waals surface area contributed by atoms with Crippen molar-refractivity contribution in [3.8, 4) is 0 Å². The van der Waals surface area contributed by atoms with Crippen molar-refractivity contribution in [3.63, 3.8) is 0 Å². The van der Waals surface area contributed by atoms with E-state index in [1.54, 1.807) is 12.1 Å². The topological polar surface area (TPSA) is 75.4 Å². The van der Waals surface area contributed by atoms with Crippen LogP contribution in [0.15, 0.2) is 71.6 Å². The summed E-state index contributed by atoms with van der Waals surface area (Å²) in [6.45, 7) is 5.59. The van der Waals surface area contributed by atoms with Crippen LogP contribution in [-0.4, -0.2) is 39.5 Å². The van der Waals surface area contributed by atoms with Crippen LogP contribution in [0.5, 0.6) is 0 Å². The zero-order valence-electron chi connectivity index (χ0n) is 17.5. The van der Waals surface area contributed by atoms with Gasteiger partial charge in [-0.15, -0.1) is 0 Å². The number of likely N-dealkylation sites (N-methyl/N-ethyl adjacent to an activating group) is 1. The van der Waals surface area contributed by atoms with E-state index in [2.05, 4.69) is 40.8 Å². The van der Waals surface area contributed by atoms with E-state index < -0.39 is 10.0 Å². The summed E-state index contributed by atoms with van der Waals surface area (Å²) in [4.78, 5) is 2.59. The van der Waals surface area contributed by atoms with E-state index in [0.29, 0.717) is 24.5 Å². The molecule has 0 aliphatic carbocycles. The van der Waals surface area contributed by atoms with Gasteiger partial charge in [0.1, 0.15) is 0 Å². The molecule has 3 N–H and O–H groups in total. The third kappa shape index (κ3) is 6.12. The van der Waals surface area contributed by atoms with Crippen LogP contribution in [0.3, 0.4) is 0 Å². The standard InChI is InChI=1S/C24H31N3O2S/c1-2-27(16-5-6-20-9-11-21(19-25)12-10-20)17-15-26-30(28,29)24-14-13-22-7-3-4-8-23(22)18-24/h3-4,7-14,18,26H,2,5-6,15-17,19,25H2,1H3. The van der Waals surface area contributed by atoms with Gasteiger partial charge in [0.2, 0.25) is 10.0 Å². The summed E-state index contributed by atoms with van der Waals surface area (Å²) < 4.78 is 28.1. The Hall–Kier alpha value is -2.25. The van der Waals surface area contributed by atoms with Crippen molar-refractivity contribution in [2.24, 2.45) is 5.73 Å². The van der Waals surface area contributed by atoms with Crippen molar-refractivity contribution < 1.29 is 8.42 Å². The van der Waals surface area contributed by atoms with Gasteiger partial charge in [-0.05, 0) is 60.0 Å². The first-order chi connectivity index (χ1) is 14.5. The summed E-state index contributed by atoms with van der Waals surface area (Å²) in [6, 6.07) is 21.4. The molecule has 0 aliphatic heterocycles. The Morgan fingerprint density at radius 2 is 1.60 bits per heavy atom. The van der Waals surface area contributed by atoms with Gasteiger partial charge in [-0.2, -0.15) is 0 Å². The first-order valence-electron chi connectivity index (χ1n) is 10.5. The third-order valence-electron chi connectivity index (χ3n) is 5.40. The highest BCUT2D eigenvalue weighted by molar-refractivity contribution is 7.89. The fraction of sp³-hybridized carbons (Fsp3) is 0.333. The molecule has 0 spiro atoms. The highest BCUT2D eigenvalue weighted by atomic mass is 32.2. The molecule has 0 saturated carbocycles. The number of nitrogens with two attached hydrogens (primary N) is 1. The minimum absolute atomic E-state index is 0.310. The second-order valence-electron chi connectivity index (χ2n) is 7.47. The lowest BCUT2D eigenvalue weighted by molar-refractivity contribution is 0.289. The Kier molecular flexibility index (Phi) is 7.99. The largest absolute Gasteiger partial charge is 0.326 e. The van der Waals surface area contributed by atoms with E-state index in [1.165, 1.54) is 5.56 Å². The van der Waals surface area contributed by atoms with Gasteiger partial charge in [-0.1, -0.05) is 61.5 Å². The van der Waals surface area contributed by atoms with Crippen molar-refractivity contribution in [1.82, 2.24) is 9.62 Å². The van der Waals surface area contributed by atoms with E-state index in [-0.39, 0.29) is 0 Å². The number of sulfonamides is 1. The zero-order valence-corrected chi connectivity index (χ0v) is 18.4. The van der Waals surface area contributed by atoms with Crippen molar-refractivity contribution >= 4 is 20.8 Å². The van der Waals surface area contributed by atoms with Gasteiger partial charge in [-0.25, -0.2) is 13.1 Å². The third-order valence-corrected chi connectivity index (χ3v) is 6.86. The SMILES string of the molecule is CCN(CCCc1ccc(CN)cc1)CCNS(=O)(=O)c1ccc2ccccc2c1. The number of rotatable bonds is 11. The van der Waals surface area contributed by atoms with Crippen LogP contribution in [0.2, 0.25) is 0 Å². The van der Waals surface area contributed by atoms with Crippen LogP contribution in [-0.2, 0) is 23.0 Å². The molecule has 0 bridgehead atoms. The molecule has 0 heterocycles. The molecule has 0 aromatic heterocycles. The van der Waals surface area contributed by atoms with E-state index in [4.69, 9.17) is 5.73 Å². The van der Waals surface area contributed by atoms with E-state index in [9.17, 15) is 8.42 Å². The monoisotopic (exact) mass is 425 g/mol. The molecule has 3 aromatic rings. The number of benzene rings is 3. The lowest BCUT2D eigenvalue weighted by Gasteiger charge is -2.20. The second-order valence-corrected chi connectivity index (χ2v) is 9.23. The summed E-state index contributed by atoms with van der Waals surface area (Å²) >= 11 is 0. The summed E-state index contributed by atoms with van der Waals surface area (Å²) in [6.07, 6.45) is 2.04. The molecule has 0 saturated heterocycles. The molecule has 0 aliphatic rings. The van der Waals surface area contributed by atoms with Crippen molar-refractivity contribution in [1.29, 1.82) is 0 Å². The molecular weight excluding hydrogens is 394 g/mol. The fourth-order valence-corrected chi connectivity index (χ4v) is 4.59. The number of hydrogen-bond donors (Lipinski definition) is 2. The summed E-state index contributed by atoms with van der Waals surface area (Å²) in [7, 11) is -3.51. The maximum absolute atomic E-state index is 12.7. The fourth-order valence-electron chi connectivity index (χ4n) is 3.53. The normalized spacial score (nSPS) is 12.0. The number of aryl methyl sites for hydroxylation is 1. The molecule has 0 atom stereocenters. The Morgan fingerprint density at radius 3 is 2.30 bits per heavy atom. The van der Waals surface area contributed by atoms with Crippen LogP contribution >= 0.6 is 0 Å². The highest BCUT2D eigenvalue weighted by Gasteiger charge is 2.14. The summed E-state index contributed by atoms with van der Waals surface area (Å²) in [5, 5.41) is 1.96. The molecule has 5 nitrogen and oxygen atoms in total. The van der Waals surface area contributed by atoms with Gasteiger partial charge in [0.25, 0.3) is 0 Å². The molecule has 0 radical (unpaired) electrons. The molecule has 30 heavy (non-hydrogen) atoms. The van der Waals surface area contributed by atoms with Crippen molar-refractivity contribution in [2.45, 2.75) is 31.2 Å². The van der Waals surface area contributed by atoms with Crippen LogP contribution in [0.25, 0.3) is 10.8 Å². The number of hydrogen-bond acceptors (Lipinski definition) is 4. The maximum Gasteiger partial charge on any atom is 0.240 e. The van der Waals surface area contributed by atoms with Crippen LogP contribution in [0, 0.1) is 0 Å². The predicted octanol–water partition coefficient (Wildman–Crippen LogP) is 3.53. The van der Waals surface area contributed by atoms with Crippen LogP contribution in [0.4, 0.5) is 0 Å². The molecule has 0 unspecified atom stereocenters.